The van der Waals surface area contributed by atoms with Crippen LogP contribution in [0.2, 0.25) is 0 Å². The highest BCUT2D eigenvalue weighted by Gasteiger charge is 2.61. The maximum absolute atomic E-state index is 13.0. The number of hydrogen-bond donors (Lipinski definition) is 25. The van der Waals surface area contributed by atoms with Crippen molar-refractivity contribution in [3.63, 3.8) is 0 Å². The first-order valence-electron chi connectivity index (χ1n) is 31.6. The molecular weight excluding hydrogens is 1430 g/mol. The van der Waals surface area contributed by atoms with Crippen LogP contribution in [0.5, 0.6) is 0 Å². The summed E-state index contributed by atoms with van der Waals surface area (Å²) >= 11 is 0. The van der Waals surface area contributed by atoms with Gasteiger partial charge in [-0.1, -0.05) is 0 Å². The van der Waals surface area contributed by atoms with E-state index >= 15 is 0 Å². The maximum atomic E-state index is 13.0. The lowest BCUT2D eigenvalue weighted by Crippen LogP contribution is -2.71. The van der Waals surface area contributed by atoms with Gasteiger partial charge in [0.15, 0.2) is 56.4 Å². The van der Waals surface area contributed by atoms with Crippen molar-refractivity contribution in [2.24, 2.45) is 0 Å². The molecule has 8 saturated heterocycles. The van der Waals surface area contributed by atoms with Gasteiger partial charge in [-0.2, -0.15) is 8.42 Å². The SMILES string of the molecule is CC(=O)N[C@@H]1[C@@H](O[C@@H]2O[C@H](CO)[C@H](O[C@@H]3O[C@H](CO)[C@H](O[C@H]4O[C@H](CO)[C@H](O)[C@H](O)[C@H]4NC(C)=O)[C@H](O)[C@H]3O)[C@H](O[C@@H]3O[C@H](CO)[C@H](O)[C@H](O[C@@H]4O[C@H](C(=O)O)[C@@H](O)[C@H](O)[C@H]4O)[C@H]3O)[C@H]2O[C@@H]2O[C@@H](C)[C@@H](O)[C@@H](O)[C@@H]2O)[C@@H](O)[C@@H](CO[C@@H]2O[C@H](COS(=O)(=O)O)[C@@H](O)[C@H](O)[C@H]2NC(C)=O)O[C@H]1O. The molecule has 8 heterocycles. The summed E-state index contributed by atoms with van der Waals surface area (Å²) in [5.74, 6) is -4.64. The minimum atomic E-state index is -5.23. The zero-order valence-electron chi connectivity index (χ0n) is 54.1. The number of carbonyl (C=O) groups excluding carboxylic acids is 3. The minimum absolute atomic E-state index is 0.835. The van der Waals surface area contributed by atoms with Crippen molar-refractivity contribution in [2.45, 2.75) is 273 Å². The standard InChI is InChI=1S/C54H89N3O44S/c1-11-24(65)31(72)35(76)50(88-11)101-45-44(100-53-38(79)42(27(68)16(6-59)91-53)98-52-36(77)32(73)33(74)43(99-52)46(80)81)40(96-51-37(78)34(75)39(17(7-60)92-51)95-49-22(56-13(3)63)30(71)25(66)15(5-58)90-49)18(8-61)93-54(45)97-41-23(57-14(4)64)47(82)89-19(28(41)69)9-86-48-21(55-12(2)62)29(70)26(67)20(94-48)10-87-102(83,84)85/h11,15-45,47-54,58-61,65-79,82H,5-10H2,1-4H3,(H,55,62)(H,56,63)(H,57,64)(H,80,81)(H,83,84,85)/t11-,15+,16+,17+,18+,19+,20+,21+,22+,23+,24+,25-,26+,27-,28-,29+,30+,31+,32-,33-,34+,35-,36+,37+,38+,39-,40-,41+,42-,43-,44-,45+,47+,48+,49+,50-,51-,52+,53-,54-/m0/s1. The number of rotatable bonds is 26. The highest BCUT2D eigenvalue weighted by Crippen LogP contribution is 2.41. The third kappa shape index (κ3) is 18.9. The third-order valence-electron chi connectivity index (χ3n) is 18.0. The second-order valence-corrected chi connectivity index (χ2v) is 26.3. The van der Waals surface area contributed by atoms with Gasteiger partial charge in [0.05, 0.1) is 45.7 Å². The number of nitrogens with one attached hydrogen (secondary N) is 3. The van der Waals surface area contributed by atoms with Crippen molar-refractivity contribution < 1.29 is 215 Å². The van der Waals surface area contributed by atoms with Crippen LogP contribution in [0.1, 0.15) is 27.7 Å². The highest BCUT2D eigenvalue weighted by molar-refractivity contribution is 7.80. The smallest absolute Gasteiger partial charge is 0.397 e. The molecule has 0 unspecified atom stereocenters. The number of ether oxygens (including phenoxy) is 15. The van der Waals surface area contributed by atoms with E-state index in [4.69, 9.17) is 71.1 Å². The van der Waals surface area contributed by atoms with Gasteiger partial charge in [0.2, 0.25) is 17.7 Å². The Bertz CT molecular complexity index is 2850. The van der Waals surface area contributed by atoms with Gasteiger partial charge in [-0.15, -0.1) is 0 Å². The summed E-state index contributed by atoms with van der Waals surface area (Å²) in [6.07, 6.45) is -81.7. The lowest BCUT2D eigenvalue weighted by atomic mass is 9.93. The van der Waals surface area contributed by atoms with Gasteiger partial charge < -0.3 is 194 Å². The summed E-state index contributed by atoms with van der Waals surface area (Å²) in [4.78, 5) is 49.8. The molecule has 8 fully saturated rings. The summed E-state index contributed by atoms with van der Waals surface area (Å²) in [6, 6.07) is -5.49. The number of aliphatic hydroxyl groups excluding tert-OH is 20. The minimum Gasteiger partial charge on any atom is -0.479 e. The lowest BCUT2D eigenvalue weighted by Gasteiger charge is -2.53. The average molecular weight is 1520 g/mol. The normalized spacial score (nSPS) is 48.2. The van der Waals surface area contributed by atoms with Crippen molar-refractivity contribution in [1.82, 2.24) is 16.0 Å². The van der Waals surface area contributed by atoms with Crippen molar-refractivity contribution in [3.8, 4) is 0 Å². The topological polar surface area (TPSA) is 731 Å². The van der Waals surface area contributed by atoms with Gasteiger partial charge in [-0.25, -0.2) is 8.98 Å². The summed E-state index contributed by atoms with van der Waals surface area (Å²) in [5.41, 5.74) is 0. The van der Waals surface area contributed by atoms with E-state index in [-0.39, 0.29) is 0 Å². The fourth-order valence-corrected chi connectivity index (χ4v) is 12.9. The monoisotopic (exact) mass is 1520 g/mol. The molecule has 102 heavy (non-hydrogen) atoms. The zero-order valence-corrected chi connectivity index (χ0v) is 54.9. The average Bonchev–Trinajstić information content (AvgIpc) is 0.757. The summed E-state index contributed by atoms with van der Waals surface area (Å²) in [5, 5.41) is 241. The van der Waals surface area contributed by atoms with Crippen LogP contribution in [0.15, 0.2) is 0 Å². The van der Waals surface area contributed by atoms with Crippen LogP contribution in [0, 0.1) is 0 Å². The van der Waals surface area contributed by atoms with Gasteiger partial charge in [-0.05, 0) is 6.92 Å². The molecule has 47 nitrogen and oxygen atoms in total. The highest BCUT2D eigenvalue weighted by atomic mass is 32.3. The van der Waals surface area contributed by atoms with Crippen LogP contribution in [-0.4, -0.2) is 429 Å². The molecular formula is C54H89N3O44S. The molecule has 8 aliphatic rings. The molecule has 0 radical (unpaired) electrons. The first-order valence-corrected chi connectivity index (χ1v) is 33.0. The Hall–Kier alpha value is -3.65. The van der Waals surface area contributed by atoms with Crippen molar-refractivity contribution in [3.05, 3.63) is 0 Å². The molecule has 0 aromatic carbocycles. The van der Waals surface area contributed by atoms with Gasteiger partial charge in [0.1, 0.15) is 183 Å². The van der Waals surface area contributed by atoms with E-state index in [9.17, 15) is 139 Å². The number of aliphatic carboxylic acids is 1. The molecule has 0 bridgehead atoms. The number of amides is 3. The van der Waals surface area contributed by atoms with E-state index in [1.54, 1.807) is 0 Å². The quantitative estimate of drug-likeness (QED) is 0.0358. The molecule has 40 atom stereocenters. The fourth-order valence-electron chi connectivity index (χ4n) is 12.6. The predicted molar refractivity (Wildman–Crippen MR) is 309 cm³/mol. The number of carboxylic acids is 1. The van der Waals surface area contributed by atoms with E-state index in [0.29, 0.717) is 0 Å². The lowest BCUT2D eigenvalue weighted by molar-refractivity contribution is -0.420. The second-order valence-electron chi connectivity index (χ2n) is 25.2. The number of carbonyl (C=O) groups is 4. The van der Waals surface area contributed by atoms with Crippen LogP contribution in [0.25, 0.3) is 0 Å². The van der Waals surface area contributed by atoms with Crippen molar-refractivity contribution >= 4 is 34.1 Å². The summed E-state index contributed by atoms with van der Waals surface area (Å²) in [6.45, 7) is -3.09. The molecule has 3 amide bonds. The van der Waals surface area contributed by atoms with E-state index in [0.717, 1.165) is 27.7 Å². The molecule has 48 heteroatoms. The van der Waals surface area contributed by atoms with Crippen LogP contribution >= 0.6 is 0 Å². The first-order chi connectivity index (χ1) is 47.9. The van der Waals surface area contributed by atoms with Crippen molar-refractivity contribution in [1.29, 1.82) is 0 Å². The van der Waals surface area contributed by atoms with Gasteiger partial charge in [0, 0.05) is 20.8 Å². The first kappa shape index (κ1) is 84.0. The summed E-state index contributed by atoms with van der Waals surface area (Å²) < 4.78 is 125. The van der Waals surface area contributed by atoms with Crippen LogP contribution < -0.4 is 16.0 Å². The van der Waals surface area contributed by atoms with Crippen LogP contribution in [0.3, 0.4) is 0 Å². The van der Waals surface area contributed by atoms with Crippen molar-refractivity contribution in [2.75, 3.05) is 39.6 Å². The van der Waals surface area contributed by atoms with E-state index in [1.165, 1.54) is 0 Å². The molecule has 8 rings (SSSR count). The Kier molecular flexibility index (Phi) is 29.3. The van der Waals surface area contributed by atoms with Gasteiger partial charge in [0.25, 0.3) is 0 Å². The maximum Gasteiger partial charge on any atom is 0.397 e. The molecule has 0 spiro atoms. The molecule has 0 aromatic heterocycles. The summed E-state index contributed by atoms with van der Waals surface area (Å²) in [7, 11) is -5.23. The van der Waals surface area contributed by atoms with E-state index in [2.05, 4.69) is 20.1 Å². The third-order valence-corrected chi connectivity index (χ3v) is 18.4. The Morgan fingerprint density at radius 1 is 0.353 bits per heavy atom. The molecule has 0 aliphatic carbocycles. The zero-order chi connectivity index (χ0) is 75.6. The second kappa shape index (κ2) is 35.6. The number of aliphatic hydroxyl groups is 20. The number of carboxylic acid groups (broad SMARTS) is 1. The van der Waals surface area contributed by atoms with E-state index < -0.39 is 319 Å². The molecule has 0 saturated carbocycles. The Morgan fingerprint density at radius 3 is 1.32 bits per heavy atom. The Morgan fingerprint density at radius 2 is 0.755 bits per heavy atom. The van der Waals surface area contributed by atoms with Gasteiger partial charge in [-0.3, -0.25) is 18.9 Å². The predicted octanol–water partition coefficient (Wildman–Crippen LogP) is -17.1. The number of hydrogen-bond acceptors (Lipinski definition) is 42. The molecule has 0 aromatic rings. The largest absolute Gasteiger partial charge is 0.479 e. The Balaban J connectivity index is 1.21. The molecule has 25 N–H and O–H groups in total. The van der Waals surface area contributed by atoms with Crippen LogP contribution in [-0.2, 0) is 105 Å². The Labute approximate surface area is 576 Å². The van der Waals surface area contributed by atoms with Crippen LogP contribution in [0.4, 0.5) is 0 Å². The van der Waals surface area contributed by atoms with E-state index in [1.807, 2.05) is 0 Å². The van der Waals surface area contributed by atoms with Gasteiger partial charge >= 0.3 is 16.4 Å². The molecule has 8 aliphatic heterocycles. The molecule has 590 valence electrons. The fraction of sp³-hybridized carbons (Fsp3) is 0.926.